The molecule has 2 heterocycles. The van der Waals surface area contributed by atoms with Crippen molar-refractivity contribution in [2.24, 2.45) is 11.8 Å². The van der Waals surface area contributed by atoms with Crippen LogP contribution in [0.3, 0.4) is 0 Å². The van der Waals surface area contributed by atoms with Crippen molar-refractivity contribution in [1.82, 2.24) is 4.90 Å². The number of allylic oxidation sites excluding steroid dienone is 1. The summed E-state index contributed by atoms with van der Waals surface area (Å²) >= 11 is 0. The minimum Gasteiger partial charge on any atom is -0.453 e. The molecule has 0 saturated carbocycles. The summed E-state index contributed by atoms with van der Waals surface area (Å²) < 4.78 is 40.9. The molecule has 294 valence electrons. The Morgan fingerprint density at radius 1 is 0.889 bits per heavy atom. The van der Waals surface area contributed by atoms with E-state index in [9.17, 15) is 29.1 Å². The monoisotopic (exact) mass is 753 g/mol. The molecule has 0 aliphatic carbocycles. The Bertz CT molecular complexity index is 1570. The number of cyclic esters (lactones) is 1. The molecule has 2 amide bonds. The number of hydrogen-bond acceptors (Lipinski definition) is 13. The summed E-state index contributed by atoms with van der Waals surface area (Å²) in [5, 5.41) is 10.3. The maximum Gasteiger partial charge on any atom is 0.416 e. The average molecular weight is 754 g/mol. The highest BCUT2D eigenvalue weighted by molar-refractivity contribution is 6.04. The van der Waals surface area contributed by atoms with Gasteiger partial charge in [0.15, 0.2) is 24.0 Å². The number of benzene rings is 2. The first kappa shape index (κ1) is 42.4. The second-order valence-electron chi connectivity index (χ2n) is 13.5. The molecule has 14 nitrogen and oxygen atoms in total. The molecule has 2 aliphatic heterocycles. The molecule has 0 spiro atoms. The van der Waals surface area contributed by atoms with Crippen molar-refractivity contribution >= 4 is 29.5 Å². The largest absolute Gasteiger partial charge is 0.453 e. The van der Waals surface area contributed by atoms with Gasteiger partial charge in [-0.3, -0.25) is 19.2 Å². The van der Waals surface area contributed by atoms with Gasteiger partial charge in [-0.2, -0.15) is 0 Å². The summed E-state index contributed by atoms with van der Waals surface area (Å²) in [6.45, 7) is 6.32. The van der Waals surface area contributed by atoms with Gasteiger partial charge in [-0.1, -0.05) is 74.5 Å². The van der Waals surface area contributed by atoms with Crippen LogP contribution in [0.1, 0.15) is 51.7 Å². The standard InChI is InChI=1S/C40H51NO13/c1-25(2)31-24-52-40(47)41(31)38(46)26(3)34(53-27(4)43)32(45)19-18-30(44)17-12-20-49-37-36(51-23-29-15-10-7-11-16-29)35(33(21-42)54-39(37)48-5)50-22-28-13-8-6-9-14-28/h6-11,13-16,18-19,25-26,31,33-37,39,42H,12,17,20-24H2,1-5H3. The first-order valence-corrected chi connectivity index (χ1v) is 18.1. The summed E-state index contributed by atoms with van der Waals surface area (Å²) in [4.78, 5) is 64.5. The van der Waals surface area contributed by atoms with E-state index >= 15 is 0 Å². The lowest BCUT2D eigenvalue weighted by atomic mass is 9.96. The molecule has 2 aromatic rings. The molecule has 2 saturated heterocycles. The van der Waals surface area contributed by atoms with E-state index in [1.807, 2.05) is 74.5 Å². The number of imide groups is 1. The molecule has 1 N–H and O–H groups in total. The van der Waals surface area contributed by atoms with Gasteiger partial charge in [0.1, 0.15) is 31.0 Å². The number of carbonyl (C=O) groups is 5. The van der Waals surface area contributed by atoms with E-state index in [0.717, 1.165) is 35.1 Å². The number of ketones is 2. The zero-order chi connectivity index (χ0) is 39.2. The smallest absolute Gasteiger partial charge is 0.416 e. The van der Waals surface area contributed by atoms with Crippen LogP contribution in [0, 0.1) is 11.8 Å². The van der Waals surface area contributed by atoms with Crippen LogP contribution in [0.2, 0.25) is 0 Å². The molecule has 0 bridgehead atoms. The summed E-state index contributed by atoms with van der Waals surface area (Å²) in [6, 6.07) is 18.6. The zero-order valence-corrected chi connectivity index (χ0v) is 31.4. The minimum atomic E-state index is -1.56. The molecule has 2 fully saturated rings. The average Bonchev–Trinajstić information content (AvgIpc) is 3.57. The SMILES string of the molecule is COC1OC(CO)C(OCc2ccccc2)C(OCc2ccccc2)C1OCCCC(=O)C=CC(=O)C(OC(C)=O)C(C)C(=O)N1C(=O)OCC1C(C)C. The van der Waals surface area contributed by atoms with Gasteiger partial charge in [-0.25, -0.2) is 9.69 Å². The van der Waals surface area contributed by atoms with Gasteiger partial charge in [0.2, 0.25) is 5.91 Å². The van der Waals surface area contributed by atoms with Crippen molar-refractivity contribution in [2.75, 3.05) is 26.9 Å². The van der Waals surface area contributed by atoms with Crippen LogP contribution < -0.4 is 0 Å². The summed E-state index contributed by atoms with van der Waals surface area (Å²) in [7, 11) is 1.46. The third kappa shape index (κ3) is 11.6. The van der Waals surface area contributed by atoms with E-state index in [0.29, 0.717) is 0 Å². The van der Waals surface area contributed by atoms with Crippen LogP contribution in [0.5, 0.6) is 0 Å². The number of aliphatic hydroxyl groups excluding tert-OH is 1. The third-order valence-corrected chi connectivity index (χ3v) is 9.22. The maximum absolute atomic E-state index is 13.3. The second kappa shape index (κ2) is 21.0. The third-order valence-electron chi connectivity index (χ3n) is 9.22. The quantitative estimate of drug-likeness (QED) is 0.117. The Kier molecular flexibility index (Phi) is 16.5. The van der Waals surface area contributed by atoms with Crippen LogP contribution in [0.4, 0.5) is 4.79 Å². The molecule has 8 unspecified atom stereocenters. The van der Waals surface area contributed by atoms with Gasteiger partial charge < -0.3 is 38.3 Å². The minimum absolute atomic E-state index is 0.0137. The van der Waals surface area contributed by atoms with Gasteiger partial charge >= 0.3 is 12.1 Å². The molecule has 0 aromatic heterocycles. The van der Waals surface area contributed by atoms with E-state index in [-0.39, 0.29) is 51.8 Å². The number of esters is 1. The number of nitrogens with zero attached hydrogens (tertiary/aromatic N) is 1. The molecule has 14 heteroatoms. The van der Waals surface area contributed by atoms with E-state index in [2.05, 4.69) is 0 Å². The van der Waals surface area contributed by atoms with Crippen LogP contribution in [-0.4, -0.2) is 109 Å². The van der Waals surface area contributed by atoms with Crippen molar-refractivity contribution in [3.8, 4) is 0 Å². The Hall–Kier alpha value is -4.31. The van der Waals surface area contributed by atoms with Gasteiger partial charge in [0, 0.05) is 27.1 Å². The van der Waals surface area contributed by atoms with Crippen molar-refractivity contribution in [2.45, 2.75) is 96.6 Å². The Balaban J connectivity index is 1.39. The molecule has 2 aromatic carbocycles. The number of hydrogen-bond donors (Lipinski definition) is 1. The number of carbonyl (C=O) groups excluding carboxylic acids is 5. The predicted molar refractivity (Wildman–Crippen MR) is 192 cm³/mol. The highest BCUT2D eigenvalue weighted by Gasteiger charge is 2.49. The molecule has 54 heavy (non-hydrogen) atoms. The predicted octanol–water partition coefficient (Wildman–Crippen LogP) is 3.95. The number of ether oxygens (including phenoxy) is 7. The lowest BCUT2D eigenvalue weighted by molar-refractivity contribution is -0.319. The van der Waals surface area contributed by atoms with Gasteiger partial charge in [0.05, 0.1) is 31.8 Å². The van der Waals surface area contributed by atoms with Gasteiger partial charge in [-0.05, 0) is 42.5 Å². The van der Waals surface area contributed by atoms with Gasteiger partial charge in [-0.15, -0.1) is 0 Å². The van der Waals surface area contributed by atoms with Crippen molar-refractivity contribution in [1.29, 1.82) is 0 Å². The molecule has 8 atom stereocenters. The zero-order valence-electron chi connectivity index (χ0n) is 31.4. The first-order chi connectivity index (χ1) is 25.9. The topological polar surface area (TPSA) is 173 Å². The highest BCUT2D eigenvalue weighted by Crippen LogP contribution is 2.30. The highest BCUT2D eigenvalue weighted by atomic mass is 16.7. The van der Waals surface area contributed by atoms with E-state index < -0.39 is 78.3 Å². The molecular weight excluding hydrogens is 702 g/mol. The summed E-state index contributed by atoms with van der Waals surface area (Å²) in [5.41, 5.74) is 1.84. The van der Waals surface area contributed by atoms with Crippen molar-refractivity contribution in [3.05, 3.63) is 83.9 Å². The number of aliphatic hydroxyl groups is 1. The van der Waals surface area contributed by atoms with Crippen LogP contribution in [0.25, 0.3) is 0 Å². The Morgan fingerprint density at radius 3 is 2.06 bits per heavy atom. The van der Waals surface area contributed by atoms with Crippen LogP contribution >= 0.6 is 0 Å². The number of methoxy groups -OCH3 is 1. The van der Waals surface area contributed by atoms with Gasteiger partial charge in [0.25, 0.3) is 0 Å². The fourth-order valence-electron chi connectivity index (χ4n) is 6.25. The lowest BCUT2D eigenvalue weighted by Crippen LogP contribution is -2.61. The molecule has 2 aliphatic rings. The van der Waals surface area contributed by atoms with E-state index in [1.165, 1.54) is 14.0 Å². The van der Waals surface area contributed by atoms with Crippen molar-refractivity contribution in [3.63, 3.8) is 0 Å². The Morgan fingerprint density at radius 2 is 1.50 bits per heavy atom. The summed E-state index contributed by atoms with van der Waals surface area (Å²) in [5.74, 6) is -4.07. The fourth-order valence-corrected chi connectivity index (χ4v) is 6.25. The van der Waals surface area contributed by atoms with Crippen LogP contribution in [-0.2, 0) is 65.5 Å². The maximum atomic E-state index is 13.3. The van der Waals surface area contributed by atoms with Crippen LogP contribution in [0.15, 0.2) is 72.8 Å². The summed E-state index contributed by atoms with van der Waals surface area (Å²) in [6.07, 6.45) is -4.12. The Labute approximate surface area is 315 Å². The van der Waals surface area contributed by atoms with Crippen molar-refractivity contribution < 1.29 is 62.2 Å². The fraction of sp³-hybridized carbons (Fsp3) is 0.525. The van der Waals surface area contributed by atoms with E-state index in [4.69, 9.17) is 33.2 Å². The normalized spacial score (nSPS) is 24.0. The number of amides is 2. The molecule has 0 radical (unpaired) electrons. The lowest BCUT2D eigenvalue weighted by Gasteiger charge is -2.45. The molecular formula is C40H51NO13. The van der Waals surface area contributed by atoms with E-state index in [1.54, 1.807) is 0 Å². The number of rotatable bonds is 20. The second-order valence-corrected chi connectivity index (χ2v) is 13.5. The first-order valence-electron chi connectivity index (χ1n) is 18.1. The molecule has 4 rings (SSSR count).